The summed E-state index contributed by atoms with van der Waals surface area (Å²) in [7, 11) is 2.97. The molecule has 0 atom stereocenters. The lowest BCUT2D eigenvalue weighted by molar-refractivity contribution is -0.119. The van der Waals surface area contributed by atoms with Crippen molar-refractivity contribution in [1.82, 2.24) is 24.8 Å². The summed E-state index contributed by atoms with van der Waals surface area (Å²) in [4.78, 5) is 30.7. The van der Waals surface area contributed by atoms with Gasteiger partial charge in [-0.1, -0.05) is 15.9 Å². The van der Waals surface area contributed by atoms with E-state index in [2.05, 4.69) is 56.7 Å². The number of carbonyl (C=O) groups excluding carboxylic acids is 1. The van der Waals surface area contributed by atoms with Crippen molar-refractivity contribution in [3.8, 4) is 17.2 Å². The van der Waals surface area contributed by atoms with Gasteiger partial charge in [-0.25, -0.2) is 33.1 Å². The summed E-state index contributed by atoms with van der Waals surface area (Å²) in [5.74, 6) is -0.612. The number of morpholine rings is 1. The number of hydrogen-bond acceptors (Lipinski definition) is 13. The number of halogens is 4. The van der Waals surface area contributed by atoms with Gasteiger partial charge in [-0.3, -0.25) is 9.69 Å². The van der Waals surface area contributed by atoms with Crippen LogP contribution in [0.5, 0.6) is 17.2 Å². The SMILES string of the molecule is COCC(=O)Nc1ccc2c(Nc3cc(O)c(C)cc3F)ncnc2c1.COc1cc2c(Nc3c(F)cc(Br)cc3F)ncnc2cc1OCCCN1CCOCC1. The minimum absolute atomic E-state index is 0.0181. The average molecular weight is 866 g/mol. The second-order valence-corrected chi connectivity index (χ2v) is 13.9. The number of anilines is 5. The Balaban J connectivity index is 0.000000200. The Morgan fingerprint density at radius 2 is 1.55 bits per heavy atom. The second-order valence-electron chi connectivity index (χ2n) is 12.9. The molecule has 7 rings (SSSR count). The Morgan fingerprint density at radius 1 is 0.862 bits per heavy atom. The van der Waals surface area contributed by atoms with Crippen molar-refractivity contribution in [2.24, 2.45) is 0 Å². The van der Waals surface area contributed by atoms with E-state index >= 15 is 0 Å². The molecular formula is C40H40BrF3N8O6. The molecule has 1 saturated heterocycles. The molecule has 1 fully saturated rings. The number of nitrogens with zero attached hydrogens (tertiary/aromatic N) is 5. The number of hydrogen-bond donors (Lipinski definition) is 4. The summed E-state index contributed by atoms with van der Waals surface area (Å²) in [6, 6.07) is 13.4. The first-order valence-electron chi connectivity index (χ1n) is 18.0. The fourth-order valence-electron chi connectivity index (χ4n) is 5.96. The summed E-state index contributed by atoms with van der Waals surface area (Å²) < 4.78 is 64.6. The number of aromatic hydroxyl groups is 1. The molecule has 58 heavy (non-hydrogen) atoms. The summed E-state index contributed by atoms with van der Waals surface area (Å²) in [6.45, 7) is 6.42. The zero-order chi connectivity index (χ0) is 41.2. The van der Waals surface area contributed by atoms with E-state index in [-0.39, 0.29) is 35.5 Å². The van der Waals surface area contributed by atoms with Crippen LogP contribution < -0.4 is 25.4 Å². The van der Waals surface area contributed by atoms with Crippen LogP contribution >= 0.6 is 15.9 Å². The Labute approximate surface area is 339 Å². The van der Waals surface area contributed by atoms with Gasteiger partial charge < -0.3 is 40.0 Å². The van der Waals surface area contributed by atoms with Gasteiger partial charge in [-0.2, -0.15) is 0 Å². The van der Waals surface area contributed by atoms with E-state index in [4.69, 9.17) is 18.9 Å². The van der Waals surface area contributed by atoms with Crippen LogP contribution in [-0.4, -0.2) is 96.1 Å². The first kappa shape index (κ1) is 41.8. The molecule has 1 amide bonds. The summed E-state index contributed by atoms with van der Waals surface area (Å²) in [5, 5.41) is 19.3. The number of rotatable bonds is 13. The van der Waals surface area contributed by atoms with Crippen LogP contribution in [0.15, 0.2) is 71.7 Å². The van der Waals surface area contributed by atoms with Crippen molar-refractivity contribution in [2.75, 3.05) is 76.2 Å². The molecule has 4 N–H and O–H groups in total. The smallest absolute Gasteiger partial charge is 0.250 e. The molecule has 1 aliphatic heterocycles. The molecule has 2 aromatic heterocycles. The van der Waals surface area contributed by atoms with Gasteiger partial charge in [0.15, 0.2) is 23.1 Å². The molecule has 0 aliphatic carbocycles. The fourth-order valence-corrected chi connectivity index (χ4v) is 6.36. The van der Waals surface area contributed by atoms with Crippen LogP contribution in [0.3, 0.4) is 0 Å². The number of aromatic nitrogens is 4. The minimum atomic E-state index is -0.740. The molecule has 0 radical (unpaired) electrons. The van der Waals surface area contributed by atoms with E-state index < -0.39 is 17.5 Å². The molecule has 0 bridgehead atoms. The average Bonchev–Trinajstić information content (AvgIpc) is 3.20. The molecule has 3 heterocycles. The molecule has 0 spiro atoms. The number of aryl methyl sites for hydroxylation is 1. The molecule has 304 valence electrons. The van der Waals surface area contributed by atoms with E-state index in [0.29, 0.717) is 61.5 Å². The van der Waals surface area contributed by atoms with Crippen LogP contribution in [0.4, 0.5) is 41.9 Å². The monoisotopic (exact) mass is 864 g/mol. The van der Waals surface area contributed by atoms with Crippen molar-refractivity contribution >= 4 is 72.3 Å². The van der Waals surface area contributed by atoms with Crippen LogP contribution in [0.1, 0.15) is 12.0 Å². The number of phenols is 1. The number of nitrogens with one attached hydrogen (secondary N) is 3. The highest BCUT2D eigenvalue weighted by Gasteiger charge is 2.17. The number of benzene rings is 4. The number of methoxy groups -OCH3 is 2. The highest BCUT2D eigenvalue weighted by atomic mass is 79.9. The minimum Gasteiger partial charge on any atom is -0.508 e. The Morgan fingerprint density at radius 3 is 2.24 bits per heavy atom. The lowest BCUT2D eigenvalue weighted by Gasteiger charge is -2.26. The first-order chi connectivity index (χ1) is 28.0. The van der Waals surface area contributed by atoms with Crippen LogP contribution in [-0.2, 0) is 14.3 Å². The second kappa shape index (κ2) is 19.6. The van der Waals surface area contributed by atoms with E-state index in [0.717, 1.165) is 39.3 Å². The van der Waals surface area contributed by atoms with Gasteiger partial charge in [0.05, 0.1) is 43.7 Å². The largest absolute Gasteiger partial charge is 0.508 e. The molecular weight excluding hydrogens is 825 g/mol. The maximum absolute atomic E-state index is 14.3. The van der Waals surface area contributed by atoms with Crippen molar-refractivity contribution < 1.29 is 42.0 Å². The quantitative estimate of drug-likeness (QED) is 0.0839. The molecule has 0 saturated carbocycles. The first-order valence-corrected chi connectivity index (χ1v) is 18.8. The zero-order valence-electron chi connectivity index (χ0n) is 31.7. The van der Waals surface area contributed by atoms with Gasteiger partial charge in [0, 0.05) is 59.8 Å². The maximum Gasteiger partial charge on any atom is 0.250 e. The summed E-state index contributed by atoms with van der Waals surface area (Å²) in [6.07, 6.45) is 3.52. The van der Waals surface area contributed by atoms with Crippen molar-refractivity contribution in [2.45, 2.75) is 13.3 Å². The van der Waals surface area contributed by atoms with Gasteiger partial charge in [0.2, 0.25) is 5.91 Å². The Hall–Kier alpha value is -5.82. The van der Waals surface area contributed by atoms with Crippen LogP contribution in [0.2, 0.25) is 0 Å². The normalized spacial score (nSPS) is 12.8. The molecule has 6 aromatic rings. The third kappa shape index (κ3) is 10.6. The molecule has 14 nitrogen and oxygen atoms in total. The lowest BCUT2D eigenvalue weighted by Crippen LogP contribution is -2.37. The summed E-state index contributed by atoms with van der Waals surface area (Å²) in [5.41, 5.74) is 1.93. The van der Waals surface area contributed by atoms with Gasteiger partial charge in [-0.05, 0) is 61.4 Å². The van der Waals surface area contributed by atoms with E-state index in [9.17, 15) is 23.1 Å². The molecule has 18 heteroatoms. The van der Waals surface area contributed by atoms with Crippen molar-refractivity contribution in [3.63, 3.8) is 0 Å². The Bertz CT molecular complexity index is 2380. The number of ether oxygens (including phenoxy) is 4. The number of fused-ring (bicyclic) bond motifs is 2. The lowest BCUT2D eigenvalue weighted by atomic mass is 10.1. The van der Waals surface area contributed by atoms with Crippen LogP contribution in [0.25, 0.3) is 21.8 Å². The molecule has 1 aliphatic rings. The predicted molar refractivity (Wildman–Crippen MR) is 217 cm³/mol. The fraction of sp³-hybridized carbons (Fsp3) is 0.275. The van der Waals surface area contributed by atoms with Crippen molar-refractivity contribution in [1.29, 1.82) is 0 Å². The Kier molecular flexibility index (Phi) is 14.1. The van der Waals surface area contributed by atoms with Gasteiger partial charge in [0.25, 0.3) is 0 Å². The third-order valence-corrected chi connectivity index (χ3v) is 9.34. The molecule has 4 aromatic carbocycles. The maximum atomic E-state index is 14.3. The topological polar surface area (TPSA) is 165 Å². The van der Waals surface area contributed by atoms with Gasteiger partial charge in [0.1, 0.15) is 48.2 Å². The van der Waals surface area contributed by atoms with Gasteiger partial charge in [-0.15, -0.1) is 0 Å². The number of carbonyl (C=O) groups is 1. The standard InChI is InChI=1S/C22H23BrF2N4O3.C18H17FN4O3/c1-30-19-11-15-18(12-20(19)32-6-2-3-29-4-7-31-8-5-29)26-13-27-22(15)28-21-16(24)9-14(23)10-17(21)25;1-10-5-13(19)15(7-16(10)24)23-18-12-4-3-11(22-17(25)8-26-2)6-14(12)20-9-21-18/h9-13H,2-8H2,1H3,(H,26,27,28);3-7,9,24H,8H2,1-2H3,(H,22,25)(H,20,21,23). The van der Waals surface area contributed by atoms with Crippen molar-refractivity contribution in [3.05, 3.63) is 94.7 Å². The van der Waals surface area contributed by atoms with Crippen LogP contribution in [0, 0.1) is 24.4 Å². The third-order valence-electron chi connectivity index (χ3n) is 8.89. The highest BCUT2D eigenvalue weighted by Crippen LogP contribution is 2.36. The zero-order valence-corrected chi connectivity index (χ0v) is 33.3. The highest BCUT2D eigenvalue weighted by molar-refractivity contribution is 9.10. The van der Waals surface area contributed by atoms with E-state index in [1.807, 2.05) is 0 Å². The number of amides is 1. The predicted octanol–water partition coefficient (Wildman–Crippen LogP) is 7.64. The van der Waals surface area contributed by atoms with Gasteiger partial charge >= 0.3 is 0 Å². The van der Waals surface area contributed by atoms with E-state index in [1.165, 1.54) is 51.1 Å². The van der Waals surface area contributed by atoms with E-state index in [1.54, 1.807) is 37.3 Å². The summed E-state index contributed by atoms with van der Waals surface area (Å²) >= 11 is 3.08. The molecule has 0 unspecified atom stereocenters. The number of phenolic OH excluding ortho intramolecular Hbond substituents is 1.